The van der Waals surface area contributed by atoms with Crippen LogP contribution in [0, 0.1) is 0 Å². The van der Waals surface area contributed by atoms with Crippen molar-refractivity contribution < 1.29 is 18.0 Å². The number of benzene rings is 1. The van der Waals surface area contributed by atoms with Crippen LogP contribution in [0.1, 0.15) is 43.0 Å². The fourth-order valence-electron chi connectivity index (χ4n) is 4.97. The Morgan fingerprint density at radius 1 is 1.17 bits per heavy atom. The van der Waals surface area contributed by atoms with Crippen molar-refractivity contribution in [3.8, 4) is 0 Å². The van der Waals surface area contributed by atoms with Gasteiger partial charge < -0.3 is 10.2 Å². The Morgan fingerprint density at radius 2 is 1.86 bits per heavy atom. The van der Waals surface area contributed by atoms with E-state index in [1.807, 2.05) is 44.2 Å². The Labute approximate surface area is 213 Å². The number of halogens is 4. The van der Waals surface area contributed by atoms with E-state index in [1.165, 1.54) is 6.07 Å². The number of hydrogen-bond acceptors (Lipinski definition) is 5. The zero-order chi connectivity index (χ0) is 26.2. The van der Waals surface area contributed by atoms with Gasteiger partial charge in [0.15, 0.2) is 0 Å². The molecule has 1 fully saturated rings. The van der Waals surface area contributed by atoms with Gasteiger partial charge in [0.05, 0.1) is 11.7 Å². The quantitative estimate of drug-likeness (QED) is 0.503. The van der Waals surface area contributed by atoms with Gasteiger partial charge >= 0.3 is 6.18 Å². The van der Waals surface area contributed by atoms with E-state index in [0.29, 0.717) is 16.1 Å². The molecular formula is C25H30ClF3N6O. The van der Waals surface area contributed by atoms with Crippen LogP contribution in [0.15, 0.2) is 36.7 Å². The topological polar surface area (TPSA) is 66.3 Å². The van der Waals surface area contributed by atoms with Gasteiger partial charge in [-0.15, -0.1) is 0 Å². The third kappa shape index (κ3) is 5.59. The number of pyridine rings is 1. The van der Waals surface area contributed by atoms with Crippen LogP contribution < -0.4 is 10.2 Å². The molecule has 1 aliphatic carbocycles. The molecule has 0 aliphatic heterocycles. The van der Waals surface area contributed by atoms with Gasteiger partial charge in [0.2, 0.25) is 5.91 Å². The Kier molecular flexibility index (Phi) is 7.47. The first-order valence-corrected chi connectivity index (χ1v) is 12.2. The summed E-state index contributed by atoms with van der Waals surface area (Å²) in [4.78, 5) is 20.6. The van der Waals surface area contributed by atoms with Gasteiger partial charge in [-0.2, -0.15) is 18.3 Å². The van der Waals surface area contributed by atoms with Crippen molar-refractivity contribution in [2.24, 2.45) is 7.05 Å². The molecule has 7 nitrogen and oxygen atoms in total. The SMILES string of the molecule is CN(C)C(C(=O)NC1CCC(N(C)c2cc(C(F)(F)F)nc3ccc(Cl)cc23)CC1)c1cnn(C)c1. The molecule has 1 atom stereocenters. The standard InChI is InChI=1S/C25H30ClF3N6O/c1-33(2)23(15-13-30-34(3)14-15)24(36)31-17-6-8-18(9-7-17)35(4)21-12-22(25(27,28)29)32-20-10-5-16(26)11-19(20)21/h5,10-14,17-18,23H,6-9H2,1-4H3,(H,31,36). The number of aromatic nitrogens is 3. The van der Waals surface area contributed by atoms with Gasteiger partial charge in [0, 0.05) is 54.0 Å². The Bertz CT molecular complexity index is 1240. The van der Waals surface area contributed by atoms with Crippen LogP contribution in [-0.2, 0) is 18.0 Å². The minimum absolute atomic E-state index is 0.00404. The third-order valence-electron chi connectivity index (χ3n) is 6.82. The number of aryl methyl sites for hydroxylation is 1. The number of carbonyl (C=O) groups excluding carboxylic acids is 1. The molecule has 3 aromatic rings. The highest BCUT2D eigenvalue weighted by atomic mass is 35.5. The van der Waals surface area contributed by atoms with Crippen LogP contribution in [0.5, 0.6) is 0 Å². The van der Waals surface area contributed by atoms with Gasteiger partial charge in [0.25, 0.3) is 0 Å². The summed E-state index contributed by atoms with van der Waals surface area (Å²) in [5.41, 5.74) is 0.594. The number of alkyl halides is 3. The summed E-state index contributed by atoms with van der Waals surface area (Å²) in [6.45, 7) is 0. The summed E-state index contributed by atoms with van der Waals surface area (Å²) in [6, 6.07) is 5.38. The van der Waals surface area contributed by atoms with Crippen LogP contribution >= 0.6 is 11.6 Å². The van der Waals surface area contributed by atoms with E-state index in [4.69, 9.17) is 11.6 Å². The maximum Gasteiger partial charge on any atom is 0.433 e. The number of fused-ring (bicyclic) bond motifs is 1. The summed E-state index contributed by atoms with van der Waals surface area (Å²) in [7, 11) is 7.32. The molecule has 1 unspecified atom stereocenters. The van der Waals surface area contributed by atoms with Gasteiger partial charge in [-0.3, -0.25) is 14.4 Å². The lowest BCUT2D eigenvalue weighted by Crippen LogP contribution is -2.46. The summed E-state index contributed by atoms with van der Waals surface area (Å²) in [5, 5.41) is 8.36. The van der Waals surface area contributed by atoms with Crippen molar-refractivity contribution in [2.45, 2.75) is 50.0 Å². The van der Waals surface area contributed by atoms with Crippen LogP contribution in [0.2, 0.25) is 5.02 Å². The zero-order valence-corrected chi connectivity index (χ0v) is 21.4. The fraction of sp³-hybridized carbons (Fsp3) is 0.480. The van der Waals surface area contributed by atoms with Crippen molar-refractivity contribution in [1.29, 1.82) is 0 Å². The predicted octanol–water partition coefficient (Wildman–Crippen LogP) is 4.81. The van der Waals surface area contributed by atoms with Crippen molar-refractivity contribution in [3.05, 3.63) is 52.9 Å². The van der Waals surface area contributed by atoms with Crippen LogP contribution in [-0.4, -0.2) is 58.8 Å². The molecule has 2 aromatic heterocycles. The van der Waals surface area contributed by atoms with E-state index in [0.717, 1.165) is 37.3 Å². The Balaban J connectivity index is 1.48. The normalized spacial score (nSPS) is 19.5. The highest BCUT2D eigenvalue weighted by Gasteiger charge is 2.35. The molecule has 2 heterocycles. The average Bonchev–Trinajstić information content (AvgIpc) is 3.23. The molecule has 11 heteroatoms. The summed E-state index contributed by atoms with van der Waals surface area (Å²) >= 11 is 6.15. The number of carbonyl (C=O) groups is 1. The molecule has 1 aliphatic rings. The Hall–Kier alpha value is -2.85. The first-order chi connectivity index (χ1) is 16.9. The second kappa shape index (κ2) is 10.3. The molecule has 1 saturated carbocycles. The van der Waals surface area contributed by atoms with Crippen molar-refractivity contribution in [2.75, 3.05) is 26.0 Å². The molecule has 0 radical (unpaired) electrons. The van der Waals surface area contributed by atoms with Gasteiger partial charge in [-0.05, 0) is 64.0 Å². The number of rotatable bonds is 6. The number of nitrogens with one attached hydrogen (secondary N) is 1. The molecule has 4 rings (SSSR count). The minimum atomic E-state index is -4.55. The first kappa shape index (κ1) is 26.2. The van der Waals surface area contributed by atoms with E-state index in [-0.39, 0.29) is 23.5 Å². The summed E-state index contributed by atoms with van der Waals surface area (Å²) in [6.07, 6.45) is 1.88. The third-order valence-corrected chi connectivity index (χ3v) is 7.05. The lowest BCUT2D eigenvalue weighted by atomic mass is 9.89. The first-order valence-electron chi connectivity index (χ1n) is 11.8. The highest BCUT2D eigenvalue weighted by molar-refractivity contribution is 6.31. The molecular weight excluding hydrogens is 493 g/mol. The fourth-order valence-corrected chi connectivity index (χ4v) is 5.14. The van der Waals surface area contributed by atoms with Gasteiger partial charge in [0.1, 0.15) is 11.7 Å². The highest BCUT2D eigenvalue weighted by Crippen LogP contribution is 2.37. The molecule has 0 saturated heterocycles. The van der Waals surface area contributed by atoms with Crippen molar-refractivity contribution in [3.63, 3.8) is 0 Å². The smallest absolute Gasteiger partial charge is 0.371 e. The zero-order valence-electron chi connectivity index (χ0n) is 20.7. The lowest BCUT2D eigenvalue weighted by Gasteiger charge is -2.37. The molecule has 1 amide bonds. The van der Waals surface area contributed by atoms with Crippen molar-refractivity contribution in [1.82, 2.24) is 25.0 Å². The van der Waals surface area contributed by atoms with E-state index < -0.39 is 17.9 Å². The maximum absolute atomic E-state index is 13.5. The number of amides is 1. The second-order valence-corrected chi connectivity index (χ2v) is 10.1. The van der Waals surface area contributed by atoms with Crippen LogP contribution in [0.4, 0.5) is 18.9 Å². The summed E-state index contributed by atoms with van der Waals surface area (Å²) in [5.74, 6) is -0.0885. The molecule has 194 valence electrons. The van der Waals surface area contributed by atoms with E-state index in [9.17, 15) is 18.0 Å². The van der Waals surface area contributed by atoms with E-state index in [1.54, 1.807) is 23.0 Å². The molecule has 0 bridgehead atoms. The number of likely N-dealkylation sites (N-methyl/N-ethyl adjacent to an activating group) is 1. The molecule has 1 aromatic carbocycles. The monoisotopic (exact) mass is 522 g/mol. The largest absolute Gasteiger partial charge is 0.433 e. The Morgan fingerprint density at radius 3 is 2.44 bits per heavy atom. The van der Waals surface area contributed by atoms with Crippen LogP contribution in [0.3, 0.4) is 0 Å². The van der Waals surface area contributed by atoms with Gasteiger partial charge in [-0.25, -0.2) is 4.98 Å². The number of hydrogen-bond donors (Lipinski definition) is 1. The summed E-state index contributed by atoms with van der Waals surface area (Å²) < 4.78 is 42.3. The van der Waals surface area contributed by atoms with E-state index in [2.05, 4.69) is 15.4 Å². The number of nitrogens with zero attached hydrogens (tertiary/aromatic N) is 5. The van der Waals surface area contributed by atoms with E-state index >= 15 is 0 Å². The second-order valence-electron chi connectivity index (χ2n) is 9.62. The van der Waals surface area contributed by atoms with Crippen LogP contribution in [0.25, 0.3) is 10.9 Å². The predicted molar refractivity (Wildman–Crippen MR) is 134 cm³/mol. The lowest BCUT2D eigenvalue weighted by molar-refractivity contribution is -0.141. The molecule has 36 heavy (non-hydrogen) atoms. The molecule has 0 spiro atoms. The van der Waals surface area contributed by atoms with Gasteiger partial charge in [-0.1, -0.05) is 11.6 Å². The van der Waals surface area contributed by atoms with Crippen molar-refractivity contribution >= 4 is 34.1 Å². The maximum atomic E-state index is 13.5. The molecule has 1 N–H and O–H groups in total. The average molecular weight is 523 g/mol. The minimum Gasteiger partial charge on any atom is -0.371 e. The number of anilines is 1.